The molecule has 5 nitrogen and oxygen atoms in total. The minimum atomic E-state index is -0.109. The van der Waals surface area contributed by atoms with Gasteiger partial charge in [-0.15, -0.1) is 0 Å². The molecule has 0 saturated carbocycles. The Balaban J connectivity index is 2.31. The molecule has 0 aliphatic heterocycles. The molecule has 0 aliphatic rings. The summed E-state index contributed by atoms with van der Waals surface area (Å²) in [6, 6.07) is 4.07. The molecule has 0 saturated heterocycles. The van der Waals surface area contributed by atoms with Crippen molar-refractivity contribution in [3.05, 3.63) is 46.9 Å². The standard InChI is InChI=1S/C14H16N4O/c1-8-4-5-9(2)13(10(8)3)19-12-7-17-11(6-18-12)14(15)16/h4-7H,1-3H3,(H3,15,16). The highest BCUT2D eigenvalue weighted by Gasteiger charge is 2.09. The summed E-state index contributed by atoms with van der Waals surface area (Å²) in [6.45, 7) is 6.03. The number of ether oxygens (including phenoxy) is 1. The number of hydrogen-bond donors (Lipinski definition) is 2. The molecule has 0 spiro atoms. The normalized spacial score (nSPS) is 10.3. The van der Waals surface area contributed by atoms with Crippen molar-refractivity contribution >= 4 is 5.84 Å². The summed E-state index contributed by atoms with van der Waals surface area (Å²) in [4.78, 5) is 8.12. The molecule has 5 heteroatoms. The molecule has 0 unspecified atom stereocenters. The second kappa shape index (κ2) is 5.06. The summed E-state index contributed by atoms with van der Waals surface area (Å²) < 4.78 is 5.77. The average molecular weight is 256 g/mol. The van der Waals surface area contributed by atoms with E-state index in [1.165, 1.54) is 12.4 Å². The minimum Gasteiger partial charge on any atom is -0.437 e. The number of aryl methyl sites for hydroxylation is 2. The van der Waals surface area contributed by atoms with Crippen molar-refractivity contribution in [1.82, 2.24) is 9.97 Å². The van der Waals surface area contributed by atoms with Crippen molar-refractivity contribution in [1.29, 1.82) is 5.41 Å². The molecular weight excluding hydrogens is 240 g/mol. The summed E-state index contributed by atoms with van der Waals surface area (Å²) in [6.07, 6.45) is 2.90. The van der Waals surface area contributed by atoms with Gasteiger partial charge in [0.25, 0.3) is 0 Å². The SMILES string of the molecule is Cc1ccc(C)c(Oc2cnc(C(=N)N)cn2)c1C. The van der Waals surface area contributed by atoms with Gasteiger partial charge in [0, 0.05) is 0 Å². The number of aromatic nitrogens is 2. The van der Waals surface area contributed by atoms with Gasteiger partial charge in [-0.25, -0.2) is 9.97 Å². The highest BCUT2D eigenvalue weighted by Crippen LogP contribution is 2.29. The van der Waals surface area contributed by atoms with Crippen LogP contribution in [0.15, 0.2) is 24.5 Å². The molecule has 0 fully saturated rings. The van der Waals surface area contributed by atoms with Crippen LogP contribution in [0.25, 0.3) is 0 Å². The molecule has 3 N–H and O–H groups in total. The first-order valence-corrected chi connectivity index (χ1v) is 5.90. The van der Waals surface area contributed by atoms with E-state index < -0.39 is 0 Å². The highest BCUT2D eigenvalue weighted by molar-refractivity contribution is 5.92. The number of amidine groups is 1. The molecule has 19 heavy (non-hydrogen) atoms. The van der Waals surface area contributed by atoms with Crippen LogP contribution < -0.4 is 10.5 Å². The number of nitrogens with zero attached hydrogens (tertiary/aromatic N) is 2. The van der Waals surface area contributed by atoms with E-state index in [2.05, 4.69) is 16.0 Å². The lowest BCUT2D eigenvalue weighted by atomic mass is 10.1. The molecule has 0 bridgehead atoms. The summed E-state index contributed by atoms with van der Waals surface area (Å²) in [5.74, 6) is 1.08. The quantitative estimate of drug-likeness (QED) is 0.652. The molecule has 1 aromatic carbocycles. The van der Waals surface area contributed by atoms with Gasteiger partial charge >= 0.3 is 0 Å². The summed E-state index contributed by atoms with van der Waals surface area (Å²) in [5, 5.41) is 7.26. The van der Waals surface area contributed by atoms with Gasteiger partial charge in [-0.1, -0.05) is 12.1 Å². The van der Waals surface area contributed by atoms with Gasteiger partial charge in [-0.2, -0.15) is 0 Å². The number of rotatable bonds is 3. The third kappa shape index (κ3) is 2.70. The summed E-state index contributed by atoms with van der Waals surface area (Å²) in [7, 11) is 0. The molecular formula is C14H16N4O. The molecule has 0 amide bonds. The predicted molar refractivity (Wildman–Crippen MR) is 73.8 cm³/mol. The molecule has 0 radical (unpaired) electrons. The fourth-order valence-corrected chi connectivity index (χ4v) is 1.70. The van der Waals surface area contributed by atoms with Crippen molar-refractivity contribution in [3.63, 3.8) is 0 Å². The molecule has 1 aromatic heterocycles. The predicted octanol–water partition coefficient (Wildman–Crippen LogP) is 2.48. The van der Waals surface area contributed by atoms with E-state index in [0.29, 0.717) is 11.6 Å². The fraction of sp³-hybridized carbons (Fsp3) is 0.214. The van der Waals surface area contributed by atoms with Crippen LogP contribution in [-0.2, 0) is 0 Å². The van der Waals surface area contributed by atoms with E-state index in [-0.39, 0.29) is 5.84 Å². The van der Waals surface area contributed by atoms with Gasteiger partial charge in [0.2, 0.25) is 5.88 Å². The topological polar surface area (TPSA) is 84.9 Å². The summed E-state index contributed by atoms with van der Waals surface area (Å²) in [5.41, 5.74) is 8.95. The molecule has 2 aromatic rings. The maximum atomic E-state index is 7.26. The molecule has 2 rings (SSSR count). The molecule has 0 atom stereocenters. The number of benzene rings is 1. The zero-order valence-corrected chi connectivity index (χ0v) is 11.2. The largest absolute Gasteiger partial charge is 0.437 e. The van der Waals surface area contributed by atoms with Gasteiger partial charge in [0.15, 0.2) is 0 Å². The maximum absolute atomic E-state index is 7.26. The van der Waals surface area contributed by atoms with E-state index in [4.69, 9.17) is 15.9 Å². The van der Waals surface area contributed by atoms with E-state index >= 15 is 0 Å². The molecule has 0 aliphatic carbocycles. The Morgan fingerprint density at radius 2 is 1.79 bits per heavy atom. The van der Waals surface area contributed by atoms with Crippen molar-refractivity contribution in [2.45, 2.75) is 20.8 Å². The Labute approximate surface area is 112 Å². The first kappa shape index (κ1) is 13.0. The van der Waals surface area contributed by atoms with Crippen LogP contribution in [0.4, 0.5) is 0 Å². The van der Waals surface area contributed by atoms with E-state index in [1.54, 1.807) is 0 Å². The smallest absolute Gasteiger partial charge is 0.237 e. The van der Waals surface area contributed by atoms with E-state index in [9.17, 15) is 0 Å². The van der Waals surface area contributed by atoms with Gasteiger partial charge < -0.3 is 10.5 Å². The number of nitrogen functional groups attached to an aromatic ring is 1. The lowest BCUT2D eigenvalue weighted by molar-refractivity contribution is 0.452. The first-order chi connectivity index (χ1) is 8.99. The van der Waals surface area contributed by atoms with Crippen molar-refractivity contribution in [3.8, 4) is 11.6 Å². The van der Waals surface area contributed by atoms with Crippen molar-refractivity contribution in [2.75, 3.05) is 0 Å². The number of nitrogens with two attached hydrogens (primary N) is 1. The Morgan fingerprint density at radius 3 is 2.37 bits per heavy atom. The monoisotopic (exact) mass is 256 g/mol. The molecule has 98 valence electrons. The maximum Gasteiger partial charge on any atom is 0.237 e. The van der Waals surface area contributed by atoms with Crippen LogP contribution in [0, 0.1) is 26.2 Å². The van der Waals surface area contributed by atoms with Gasteiger partial charge in [-0.05, 0) is 37.5 Å². The van der Waals surface area contributed by atoms with E-state index in [0.717, 1.165) is 22.4 Å². The fourth-order valence-electron chi connectivity index (χ4n) is 1.70. The Morgan fingerprint density at radius 1 is 1.11 bits per heavy atom. The van der Waals surface area contributed by atoms with Crippen LogP contribution in [0.2, 0.25) is 0 Å². The lowest BCUT2D eigenvalue weighted by Crippen LogP contribution is -2.13. The van der Waals surface area contributed by atoms with Gasteiger partial charge in [-0.3, -0.25) is 5.41 Å². The number of nitrogens with one attached hydrogen (secondary N) is 1. The van der Waals surface area contributed by atoms with Crippen LogP contribution in [0.1, 0.15) is 22.4 Å². The van der Waals surface area contributed by atoms with Crippen LogP contribution in [0.3, 0.4) is 0 Å². The zero-order valence-electron chi connectivity index (χ0n) is 11.2. The minimum absolute atomic E-state index is 0.109. The third-order valence-corrected chi connectivity index (χ3v) is 2.98. The van der Waals surface area contributed by atoms with Crippen LogP contribution in [0.5, 0.6) is 11.6 Å². The second-order valence-corrected chi connectivity index (χ2v) is 4.41. The highest BCUT2D eigenvalue weighted by atomic mass is 16.5. The van der Waals surface area contributed by atoms with Gasteiger partial charge in [0.05, 0.1) is 12.4 Å². The summed E-state index contributed by atoms with van der Waals surface area (Å²) >= 11 is 0. The Bertz CT molecular complexity index is 620. The zero-order chi connectivity index (χ0) is 14.0. The molecule has 1 heterocycles. The van der Waals surface area contributed by atoms with Crippen LogP contribution >= 0.6 is 0 Å². The van der Waals surface area contributed by atoms with Gasteiger partial charge in [0.1, 0.15) is 17.3 Å². The third-order valence-electron chi connectivity index (χ3n) is 2.98. The number of hydrogen-bond acceptors (Lipinski definition) is 4. The van der Waals surface area contributed by atoms with Crippen molar-refractivity contribution < 1.29 is 4.74 Å². The Kier molecular flexibility index (Phi) is 3.46. The van der Waals surface area contributed by atoms with Crippen molar-refractivity contribution in [2.24, 2.45) is 5.73 Å². The second-order valence-electron chi connectivity index (χ2n) is 4.41. The van der Waals surface area contributed by atoms with Crippen LogP contribution in [-0.4, -0.2) is 15.8 Å². The van der Waals surface area contributed by atoms with E-state index in [1.807, 2.05) is 26.8 Å². The lowest BCUT2D eigenvalue weighted by Gasteiger charge is -2.12. The first-order valence-electron chi connectivity index (χ1n) is 5.90. The average Bonchev–Trinajstić information content (AvgIpc) is 2.40. The Hall–Kier alpha value is -2.43.